The molecule has 0 radical (unpaired) electrons. The Hall–Kier alpha value is -1.36. The van der Waals surface area contributed by atoms with Gasteiger partial charge in [-0.05, 0) is 19.8 Å². The summed E-state index contributed by atoms with van der Waals surface area (Å²) in [7, 11) is 0. The number of anilines is 2. The SMILES string of the molecule is CC(C)c1nc(NN)cc(NC2(C)CCCC2)n1. The van der Waals surface area contributed by atoms with E-state index in [1.807, 2.05) is 6.07 Å². The molecule has 0 spiro atoms. The highest BCUT2D eigenvalue weighted by molar-refractivity contribution is 5.48. The van der Waals surface area contributed by atoms with Crippen LogP contribution in [0.2, 0.25) is 0 Å². The van der Waals surface area contributed by atoms with Crippen molar-refractivity contribution >= 4 is 11.6 Å². The van der Waals surface area contributed by atoms with Crippen molar-refractivity contribution in [2.24, 2.45) is 5.84 Å². The highest BCUT2D eigenvalue weighted by Gasteiger charge is 2.28. The van der Waals surface area contributed by atoms with Crippen LogP contribution in [-0.2, 0) is 0 Å². The maximum absolute atomic E-state index is 5.46. The monoisotopic (exact) mass is 249 g/mol. The van der Waals surface area contributed by atoms with Crippen LogP contribution in [0.25, 0.3) is 0 Å². The van der Waals surface area contributed by atoms with Crippen molar-refractivity contribution < 1.29 is 0 Å². The van der Waals surface area contributed by atoms with E-state index in [1.54, 1.807) is 0 Å². The Labute approximate surface area is 109 Å². The first-order chi connectivity index (χ1) is 8.52. The molecule has 0 atom stereocenters. The third kappa shape index (κ3) is 2.90. The Balaban J connectivity index is 2.23. The number of aromatic nitrogens is 2. The first-order valence-electron chi connectivity index (χ1n) is 6.66. The molecule has 0 unspecified atom stereocenters. The highest BCUT2D eigenvalue weighted by Crippen LogP contribution is 2.32. The molecule has 1 aromatic rings. The van der Waals surface area contributed by atoms with Gasteiger partial charge in [-0.2, -0.15) is 0 Å². The van der Waals surface area contributed by atoms with Gasteiger partial charge in [0.2, 0.25) is 0 Å². The summed E-state index contributed by atoms with van der Waals surface area (Å²) in [6.45, 7) is 6.42. The van der Waals surface area contributed by atoms with Crippen LogP contribution in [0.5, 0.6) is 0 Å². The average molecular weight is 249 g/mol. The van der Waals surface area contributed by atoms with Crippen molar-refractivity contribution in [2.75, 3.05) is 10.7 Å². The number of hydrazine groups is 1. The Bertz CT molecular complexity index is 410. The van der Waals surface area contributed by atoms with Crippen molar-refractivity contribution in [3.63, 3.8) is 0 Å². The van der Waals surface area contributed by atoms with Gasteiger partial charge in [0.05, 0.1) is 0 Å². The standard InChI is InChI=1S/C13H23N5/c1-9(2)12-15-10(8-11(16-12)18-14)17-13(3)6-4-5-7-13/h8-9H,4-7,14H2,1-3H3,(H2,15,16,17,18). The summed E-state index contributed by atoms with van der Waals surface area (Å²) in [5.41, 5.74) is 2.77. The summed E-state index contributed by atoms with van der Waals surface area (Å²) in [6.07, 6.45) is 4.96. The van der Waals surface area contributed by atoms with Gasteiger partial charge in [-0.1, -0.05) is 26.7 Å². The van der Waals surface area contributed by atoms with Crippen LogP contribution in [0.15, 0.2) is 6.07 Å². The van der Waals surface area contributed by atoms with E-state index in [1.165, 1.54) is 25.7 Å². The van der Waals surface area contributed by atoms with Crippen LogP contribution < -0.4 is 16.6 Å². The maximum atomic E-state index is 5.46. The zero-order chi connectivity index (χ0) is 13.2. The van der Waals surface area contributed by atoms with Gasteiger partial charge in [0.15, 0.2) is 0 Å². The molecule has 0 saturated heterocycles. The Kier molecular flexibility index (Phi) is 3.71. The predicted octanol–water partition coefficient (Wildman–Crippen LogP) is 2.63. The highest BCUT2D eigenvalue weighted by atomic mass is 15.3. The topological polar surface area (TPSA) is 75.9 Å². The second-order valence-corrected chi connectivity index (χ2v) is 5.69. The van der Waals surface area contributed by atoms with E-state index >= 15 is 0 Å². The zero-order valence-electron chi connectivity index (χ0n) is 11.5. The molecule has 5 nitrogen and oxygen atoms in total. The van der Waals surface area contributed by atoms with Crippen molar-refractivity contribution in [1.82, 2.24) is 9.97 Å². The Morgan fingerprint density at radius 2 is 1.83 bits per heavy atom. The van der Waals surface area contributed by atoms with Gasteiger partial charge in [-0.3, -0.25) is 0 Å². The molecule has 1 saturated carbocycles. The van der Waals surface area contributed by atoms with E-state index in [0.29, 0.717) is 5.82 Å². The van der Waals surface area contributed by atoms with E-state index in [4.69, 9.17) is 5.84 Å². The number of nitrogens with one attached hydrogen (secondary N) is 2. The molecule has 1 fully saturated rings. The molecule has 0 aliphatic heterocycles. The fourth-order valence-corrected chi connectivity index (χ4v) is 2.45. The minimum atomic E-state index is 0.161. The smallest absolute Gasteiger partial charge is 0.145 e. The molecule has 1 aliphatic carbocycles. The lowest BCUT2D eigenvalue weighted by Gasteiger charge is -2.26. The molecule has 1 aromatic heterocycles. The third-order valence-corrected chi connectivity index (χ3v) is 3.54. The van der Waals surface area contributed by atoms with Crippen LogP contribution in [0.3, 0.4) is 0 Å². The molecule has 4 N–H and O–H groups in total. The molecule has 0 bridgehead atoms. The van der Waals surface area contributed by atoms with Gasteiger partial charge in [0.1, 0.15) is 17.5 Å². The largest absolute Gasteiger partial charge is 0.365 e. The van der Waals surface area contributed by atoms with Crippen molar-refractivity contribution in [3.05, 3.63) is 11.9 Å². The zero-order valence-corrected chi connectivity index (χ0v) is 11.5. The summed E-state index contributed by atoms with van der Waals surface area (Å²) in [5, 5.41) is 3.54. The molecular weight excluding hydrogens is 226 g/mol. The number of hydrogen-bond donors (Lipinski definition) is 3. The molecule has 0 aromatic carbocycles. The molecule has 1 heterocycles. The average Bonchev–Trinajstić information content (AvgIpc) is 2.75. The van der Waals surface area contributed by atoms with Gasteiger partial charge in [0, 0.05) is 17.5 Å². The maximum Gasteiger partial charge on any atom is 0.145 e. The van der Waals surface area contributed by atoms with Crippen LogP contribution >= 0.6 is 0 Å². The Morgan fingerprint density at radius 3 is 2.39 bits per heavy atom. The fourth-order valence-electron chi connectivity index (χ4n) is 2.45. The number of nitrogens with two attached hydrogens (primary N) is 1. The number of nitrogens with zero attached hydrogens (tertiary/aromatic N) is 2. The van der Waals surface area contributed by atoms with E-state index in [2.05, 4.69) is 41.5 Å². The van der Waals surface area contributed by atoms with Crippen molar-refractivity contribution in [2.45, 2.75) is 57.9 Å². The summed E-state index contributed by atoms with van der Waals surface area (Å²) in [5.74, 6) is 8.09. The van der Waals surface area contributed by atoms with Gasteiger partial charge in [0.25, 0.3) is 0 Å². The predicted molar refractivity (Wildman–Crippen MR) is 74.4 cm³/mol. The second kappa shape index (κ2) is 5.10. The van der Waals surface area contributed by atoms with E-state index in [9.17, 15) is 0 Å². The molecule has 18 heavy (non-hydrogen) atoms. The lowest BCUT2D eigenvalue weighted by Crippen LogP contribution is -2.31. The van der Waals surface area contributed by atoms with E-state index in [-0.39, 0.29) is 11.5 Å². The summed E-state index contributed by atoms with van der Waals surface area (Å²) < 4.78 is 0. The number of nitrogen functional groups attached to an aromatic ring is 1. The minimum Gasteiger partial charge on any atom is -0.365 e. The van der Waals surface area contributed by atoms with Gasteiger partial charge < -0.3 is 10.7 Å². The van der Waals surface area contributed by atoms with Crippen LogP contribution in [0.4, 0.5) is 11.6 Å². The molecule has 5 heteroatoms. The van der Waals surface area contributed by atoms with Crippen molar-refractivity contribution in [1.29, 1.82) is 0 Å². The Morgan fingerprint density at radius 1 is 1.22 bits per heavy atom. The van der Waals surface area contributed by atoms with Crippen molar-refractivity contribution in [3.8, 4) is 0 Å². The molecule has 1 aliphatic rings. The number of hydrogen-bond acceptors (Lipinski definition) is 5. The molecule has 100 valence electrons. The first-order valence-corrected chi connectivity index (χ1v) is 6.66. The van der Waals surface area contributed by atoms with Gasteiger partial charge in [-0.25, -0.2) is 15.8 Å². The lowest BCUT2D eigenvalue weighted by molar-refractivity contribution is 0.530. The van der Waals surface area contributed by atoms with Crippen LogP contribution in [0.1, 0.15) is 58.2 Å². The number of rotatable bonds is 4. The molecular formula is C13H23N5. The van der Waals surface area contributed by atoms with Gasteiger partial charge in [-0.15, -0.1) is 0 Å². The minimum absolute atomic E-state index is 0.161. The van der Waals surface area contributed by atoms with E-state index < -0.39 is 0 Å². The quantitative estimate of drug-likeness (QED) is 0.565. The summed E-state index contributed by atoms with van der Waals surface area (Å²) in [6, 6.07) is 1.87. The first kappa shape index (κ1) is 13.1. The fraction of sp³-hybridized carbons (Fsp3) is 0.692. The van der Waals surface area contributed by atoms with Crippen LogP contribution in [-0.4, -0.2) is 15.5 Å². The molecule has 0 amide bonds. The second-order valence-electron chi connectivity index (χ2n) is 5.69. The molecule has 2 rings (SSSR count). The summed E-state index contributed by atoms with van der Waals surface area (Å²) in [4.78, 5) is 8.93. The van der Waals surface area contributed by atoms with E-state index in [0.717, 1.165) is 11.6 Å². The summed E-state index contributed by atoms with van der Waals surface area (Å²) >= 11 is 0. The van der Waals surface area contributed by atoms with Gasteiger partial charge >= 0.3 is 0 Å². The normalized spacial score (nSPS) is 18.1. The third-order valence-electron chi connectivity index (χ3n) is 3.54. The lowest BCUT2D eigenvalue weighted by atomic mass is 10.0. The van der Waals surface area contributed by atoms with Crippen LogP contribution in [0, 0.1) is 0 Å².